The fourth-order valence-corrected chi connectivity index (χ4v) is 3.10. The highest BCUT2D eigenvalue weighted by Gasteiger charge is 2.16. The SMILES string of the molecule is CS(=O)c1c(Cl)c(Cl)cc(Cl)c1Cl. The van der Waals surface area contributed by atoms with Crippen molar-refractivity contribution >= 4 is 57.2 Å². The van der Waals surface area contributed by atoms with Crippen molar-refractivity contribution in [2.24, 2.45) is 0 Å². The number of hydrogen-bond acceptors (Lipinski definition) is 1. The Hall–Kier alpha value is 0.530. The summed E-state index contributed by atoms with van der Waals surface area (Å²) in [4.78, 5) is 0.279. The van der Waals surface area contributed by atoms with Crippen LogP contribution in [0.4, 0.5) is 0 Å². The molecule has 6 heteroatoms. The van der Waals surface area contributed by atoms with Crippen LogP contribution in [-0.2, 0) is 10.8 Å². The lowest BCUT2D eigenvalue weighted by atomic mass is 10.3. The molecule has 1 rings (SSSR count). The van der Waals surface area contributed by atoms with Crippen molar-refractivity contribution in [3.8, 4) is 0 Å². The highest BCUT2D eigenvalue weighted by Crippen LogP contribution is 2.38. The van der Waals surface area contributed by atoms with Crippen molar-refractivity contribution in [2.75, 3.05) is 6.26 Å². The molecule has 0 N–H and O–H groups in total. The van der Waals surface area contributed by atoms with Gasteiger partial charge >= 0.3 is 0 Å². The van der Waals surface area contributed by atoms with E-state index in [1.54, 1.807) is 0 Å². The second-order valence-electron chi connectivity index (χ2n) is 2.25. The molecule has 0 amide bonds. The lowest BCUT2D eigenvalue weighted by Crippen LogP contribution is -1.92. The standard InChI is InChI=1S/C7H4Cl4OS/c1-13(12)7-5(10)3(8)2-4(9)6(7)11/h2H,1H3. The Morgan fingerprint density at radius 3 is 1.77 bits per heavy atom. The molecule has 0 spiro atoms. The van der Waals surface area contributed by atoms with Crippen LogP contribution in [0.2, 0.25) is 20.1 Å². The summed E-state index contributed by atoms with van der Waals surface area (Å²) < 4.78 is 11.2. The summed E-state index contributed by atoms with van der Waals surface area (Å²) in [6.45, 7) is 0. The van der Waals surface area contributed by atoms with Crippen molar-refractivity contribution in [2.45, 2.75) is 4.90 Å². The van der Waals surface area contributed by atoms with E-state index in [-0.39, 0.29) is 25.0 Å². The quantitative estimate of drug-likeness (QED) is 0.708. The summed E-state index contributed by atoms with van der Waals surface area (Å²) in [5, 5.41) is 0.885. The fourth-order valence-electron chi connectivity index (χ4n) is 0.804. The van der Waals surface area contributed by atoms with Gasteiger partial charge in [0.25, 0.3) is 0 Å². The Balaban J connectivity index is 3.56. The van der Waals surface area contributed by atoms with Crippen LogP contribution in [0.25, 0.3) is 0 Å². The molecule has 0 saturated heterocycles. The third-order valence-electron chi connectivity index (χ3n) is 1.36. The molecule has 72 valence electrons. The first-order valence-electron chi connectivity index (χ1n) is 3.11. The van der Waals surface area contributed by atoms with E-state index < -0.39 is 10.8 Å². The topological polar surface area (TPSA) is 17.1 Å². The highest BCUT2D eigenvalue weighted by atomic mass is 35.5. The van der Waals surface area contributed by atoms with Gasteiger partial charge in [0.1, 0.15) is 0 Å². The van der Waals surface area contributed by atoms with Crippen molar-refractivity contribution in [3.05, 3.63) is 26.2 Å². The van der Waals surface area contributed by atoms with Gasteiger partial charge in [-0.05, 0) is 6.07 Å². The molecule has 0 radical (unpaired) electrons. The van der Waals surface area contributed by atoms with Gasteiger partial charge in [-0.2, -0.15) is 0 Å². The van der Waals surface area contributed by atoms with Gasteiger partial charge in [-0.15, -0.1) is 0 Å². The summed E-state index contributed by atoms with van der Waals surface area (Å²) in [7, 11) is -1.31. The third-order valence-corrected chi connectivity index (χ3v) is 4.14. The van der Waals surface area contributed by atoms with E-state index in [1.807, 2.05) is 0 Å². The zero-order chi connectivity index (χ0) is 10.2. The first-order chi connectivity index (χ1) is 5.95. The van der Waals surface area contributed by atoms with Gasteiger partial charge in [-0.1, -0.05) is 46.4 Å². The Labute approximate surface area is 98.4 Å². The third kappa shape index (κ3) is 2.31. The maximum Gasteiger partial charge on any atom is 0.0787 e. The zero-order valence-electron chi connectivity index (χ0n) is 6.41. The zero-order valence-corrected chi connectivity index (χ0v) is 10.2. The van der Waals surface area contributed by atoms with Crippen molar-refractivity contribution in [1.29, 1.82) is 0 Å². The minimum atomic E-state index is -1.31. The molecule has 1 atom stereocenters. The summed E-state index contributed by atoms with van der Waals surface area (Å²) >= 11 is 23.0. The van der Waals surface area contributed by atoms with Crippen LogP contribution in [0, 0.1) is 0 Å². The molecule has 1 aromatic rings. The molecule has 13 heavy (non-hydrogen) atoms. The minimum Gasteiger partial charge on any atom is -0.255 e. The van der Waals surface area contributed by atoms with Gasteiger partial charge in [0.05, 0.1) is 35.8 Å². The van der Waals surface area contributed by atoms with E-state index in [0.717, 1.165) is 0 Å². The van der Waals surface area contributed by atoms with Crippen molar-refractivity contribution in [3.63, 3.8) is 0 Å². The monoisotopic (exact) mass is 276 g/mol. The van der Waals surface area contributed by atoms with Crippen molar-refractivity contribution < 1.29 is 4.21 Å². The molecule has 1 unspecified atom stereocenters. The summed E-state index contributed by atoms with van der Waals surface area (Å²) in [5.41, 5.74) is 0. The molecular formula is C7H4Cl4OS. The predicted octanol–water partition coefficient (Wildman–Crippen LogP) is 4.04. The van der Waals surface area contributed by atoms with E-state index in [0.29, 0.717) is 0 Å². The lowest BCUT2D eigenvalue weighted by Gasteiger charge is -2.06. The maximum atomic E-state index is 11.2. The van der Waals surface area contributed by atoms with Crippen molar-refractivity contribution in [1.82, 2.24) is 0 Å². The molecule has 0 heterocycles. The Morgan fingerprint density at radius 2 is 1.46 bits per heavy atom. The largest absolute Gasteiger partial charge is 0.255 e. The number of benzene rings is 1. The van der Waals surface area contributed by atoms with Crippen LogP contribution in [0.15, 0.2) is 11.0 Å². The molecule has 1 nitrogen and oxygen atoms in total. The average molecular weight is 278 g/mol. The first-order valence-corrected chi connectivity index (χ1v) is 6.18. The van der Waals surface area contributed by atoms with Crippen LogP contribution in [-0.4, -0.2) is 10.5 Å². The van der Waals surface area contributed by atoms with Gasteiger partial charge < -0.3 is 0 Å². The van der Waals surface area contributed by atoms with Gasteiger partial charge in [-0.3, -0.25) is 4.21 Å². The highest BCUT2D eigenvalue weighted by molar-refractivity contribution is 7.84. The van der Waals surface area contributed by atoms with Crippen LogP contribution in [0.5, 0.6) is 0 Å². The van der Waals surface area contributed by atoms with Crippen LogP contribution in [0.1, 0.15) is 0 Å². The van der Waals surface area contributed by atoms with E-state index in [1.165, 1.54) is 12.3 Å². The van der Waals surface area contributed by atoms with Crippen LogP contribution < -0.4 is 0 Å². The molecule has 0 aliphatic rings. The molecule has 0 aliphatic carbocycles. The van der Waals surface area contributed by atoms with E-state index in [9.17, 15) is 4.21 Å². The van der Waals surface area contributed by atoms with Crippen LogP contribution >= 0.6 is 46.4 Å². The fraction of sp³-hybridized carbons (Fsp3) is 0.143. The van der Waals surface area contributed by atoms with Gasteiger partial charge in [0.2, 0.25) is 0 Å². The molecule has 0 aliphatic heterocycles. The van der Waals surface area contributed by atoms with Crippen LogP contribution in [0.3, 0.4) is 0 Å². The first kappa shape index (κ1) is 11.6. The normalized spacial score (nSPS) is 13.0. The molecule has 0 aromatic heterocycles. The Kier molecular flexibility index (Phi) is 3.90. The molecule has 0 bridgehead atoms. The number of rotatable bonds is 1. The predicted molar refractivity (Wildman–Crippen MR) is 58.8 cm³/mol. The second kappa shape index (κ2) is 4.37. The minimum absolute atomic E-state index is 0.192. The van der Waals surface area contributed by atoms with Gasteiger partial charge in [0, 0.05) is 6.26 Å². The molecular weight excluding hydrogens is 274 g/mol. The summed E-state index contributed by atoms with van der Waals surface area (Å²) in [6.07, 6.45) is 1.46. The number of hydrogen-bond donors (Lipinski definition) is 0. The summed E-state index contributed by atoms with van der Waals surface area (Å²) in [5.74, 6) is 0. The second-order valence-corrected chi connectivity index (χ2v) is 5.14. The lowest BCUT2D eigenvalue weighted by molar-refractivity contribution is 0.687. The average Bonchev–Trinajstić information content (AvgIpc) is 2.01. The van der Waals surface area contributed by atoms with Gasteiger partial charge in [0.15, 0.2) is 0 Å². The Bertz CT molecular complexity index is 351. The van der Waals surface area contributed by atoms with E-state index in [4.69, 9.17) is 46.4 Å². The molecule has 1 aromatic carbocycles. The molecule has 0 saturated carbocycles. The smallest absolute Gasteiger partial charge is 0.0787 e. The summed E-state index contributed by atoms with van der Waals surface area (Å²) in [6, 6.07) is 1.42. The Morgan fingerprint density at radius 1 is 1.08 bits per heavy atom. The van der Waals surface area contributed by atoms with E-state index >= 15 is 0 Å². The molecule has 0 fully saturated rings. The maximum absolute atomic E-state index is 11.2. The van der Waals surface area contributed by atoms with Gasteiger partial charge in [-0.25, -0.2) is 0 Å². The number of halogens is 4. The van der Waals surface area contributed by atoms with E-state index in [2.05, 4.69) is 0 Å².